The molecule has 0 atom stereocenters. The van der Waals surface area contributed by atoms with Gasteiger partial charge in [-0.2, -0.15) is 10.5 Å². The van der Waals surface area contributed by atoms with Crippen molar-refractivity contribution < 1.29 is 0 Å². The van der Waals surface area contributed by atoms with E-state index in [1.165, 1.54) is 32.3 Å². The lowest BCUT2D eigenvalue weighted by atomic mass is 10.00. The Bertz CT molecular complexity index is 2600. The van der Waals surface area contributed by atoms with Crippen molar-refractivity contribution in [2.45, 2.75) is 0 Å². The molecule has 4 heteroatoms. The SMILES string of the molecule is N#Cc1cc(-n2c3ccccc3c3ccccc32)c(-n2c3ccc4ccccc4c3c3c4ccccc4ccc32)cc1C#N. The number of aromatic nitrogens is 2. The molecule has 0 aliphatic rings. The van der Waals surface area contributed by atoms with Gasteiger partial charge in [-0.3, -0.25) is 0 Å². The number of benzene rings is 7. The maximum Gasteiger partial charge on any atom is 0.101 e. The molecule has 7 aromatic carbocycles. The molecule has 2 aromatic heterocycles. The lowest BCUT2D eigenvalue weighted by Crippen LogP contribution is -2.05. The molecule has 0 amide bonds. The van der Waals surface area contributed by atoms with E-state index in [2.05, 4.69) is 130 Å². The van der Waals surface area contributed by atoms with Crippen LogP contribution in [0, 0.1) is 22.7 Å². The summed E-state index contributed by atoms with van der Waals surface area (Å²) in [6.07, 6.45) is 0. The molecule has 0 aliphatic carbocycles. The topological polar surface area (TPSA) is 57.4 Å². The van der Waals surface area contributed by atoms with E-state index in [1.807, 2.05) is 24.3 Å². The Labute approximate surface area is 252 Å². The third kappa shape index (κ3) is 3.20. The van der Waals surface area contributed by atoms with Crippen molar-refractivity contribution in [2.24, 2.45) is 0 Å². The lowest BCUT2D eigenvalue weighted by Gasteiger charge is -2.18. The van der Waals surface area contributed by atoms with Crippen molar-refractivity contribution in [3.8, 4) is 23.5 Å². The number of nitrogens with zero attached hydrogens (tertiary/aromatic N) is 4. The maximum atomic E-state index is 10.2. The minimum absolute atomic E-state index is 0.351. The summed E-state index contributed by atoms with van der Waals surface area (Å²) < 4.78 is 4.52. The Kier molecular flexibility index (Phi) is 5.00. The fourth-order valence-corrected chi connectivity index (χ4v) is 7.11. The fraction of sp³-hybridized carbons (Fsp3) is 0. The van der Waals surface area contributed by atoms with E-state index in [0.717, 1.165) is 44.2 Å². The molecule has 44 heavy (non-hydrogen) atoms. The molecule has 0 spiro atoms. The molecule has 0 bridgehead atoms. The zero-order valence-corrected chi connectivity index (χ0v) is 23.5. The second kappa shape index (κ2) is 9.07. The van der Waals surface area contributed by atoms with E-state index in [4.69, 9.17) is 0 Å². The van der Waals surface area contributed by atoms with E-state index in [-0.39, 0.29) is 0 Å². The van der Waals surface area contributed by atoms with Crippen molar-refractivity contribution in [3.05, 3.63) is 145 Å². The Morgan fingerprint density at radius 1 is 0.386 bits per heavy atom. The molecule has 9 aromatic rings. The normalized spacial score (nSPS) is 11.6. The molecule has 0 saturated heterocycles. The predicted octanol–water partition coefficient (Wildman–Crippen LogP) is 9.93. The quantitative estimate of drug-likeness (QED) is 0.212. The molecule has 2 heterocycles. The summed E-state index contributed by atoms with van der Waals surface area (Å²) in [4.78, 5) is 0. The summed E-state index contributed by atoms with van der Waals surface area (Å²) in [5.41, 5.74) is 6.57. The van der Waals surface area contributed by atoms with Crippen molar-refractivity contribution in [1.82, 2.24) is 9.13 Å². The van der Waals surface area contributed by atoms with Crippen LogP contribution in [0.5, 0.6) is 0 Å². The van der Waals surface area contributed by atoms with Crippen LogP contribution in [0.3, 0.4) is 0 Å². The Morgan fingerprint density at radius 2 is 0.773 bits per heavy atom. The minimum Gasteiger partial charge on any atom is -0.307 e. The zero-order chi connectivity index (χ0) is 29.4. The molecule has 9 rings (SSSR count). The third-order valence-electron chi connectivity index (χ3n) is 8.96. The average Bonchev–Trinajstić information content (AvgIpc) is 3.61. The second-order valence-corrected chi connectivity index (χ2v) is 11.2. The van der Waals surface area contributed by atoms with Crippen LogP contribution in [-0.2, 0) is 0 Å². The van der Waals surface area contributed by atoms with Crippen LogP contribution in [0.2, 0.25) is 0 Å². The predicted molar refractivity (Wildman–Crippen MR) is 180 cm³/mol. The van der Waals surface area contributed by atoms with E-state index >= 15 is 0 Å². The van der Waals surface area contributed by atoms with E-state index < -0.39 is 0 Å². The van der Waals surface area contributed by atoms with Crippen molar-refractivity contribution in [3.63, 3.8) is 0 Å². The van der Waals surface area contributed by atoms with Crippen LogP contribution >= 0.6 is 0 Å². The number of hydrogen-bond acceptors (Lipinski definition) is 2. The molecule has 0 radical (unpaired) electrons. The average molecular weight is 559 g/mol. The first kappa shape index (κ1) is 24.3. The zero-order valence-electron chi connectivity index (χ0n) is 23.5. The summed E-state index contributed by atoms with van der Waals surface area (Å²) in [6.45, 7) is 0. The third-order valence-corrected chi connectivity index (χ3v) is 8.96. The van der Waals surface area contributed by atoms with Crippen LogP contribution in [0.1, 0.15) is 11.1 Å². The van der Waals surface area contributed by atoms with Gasteiger partial charge < -0.3 is 9.13 Å². The van der Waals surface area contributed by atoms with Crippen LogP contribution in [0.4, 0.5) is 0 Å². The molecular weight excluding hydrogens is 536 g/mol. The van der Waals surface area contributed by atoms with Crippen LogP contribution in [0.25, 0.3) is 76.5 Å². The maximum absolute atomic E-state index is 10.2. The molecular formula is C40H22N4. The van der Waals surface area contributed by atoms with E-state index in [9.17, 15) is 10.5 Å². The Balaban J connectivity index is 1.54. The van der Waals surface area contributed by atoms with Gasteiger partial charge in [0.15, 0.2) is 0 Å². The number of nitriles is 2. The lowest BCUT2D eigenvalue weighted by molar-refractivity contribution is 1.09. The molecule has 202 valence electrons. The summed E-state index contributed by atoms with van der Waals surface area (Å²) in [5.74, 6) is 0. The molecule has 0 aliphatic heterocycles. The first-order valence-corrected chi connectivity index (χ1v) is 14.6. The monoisotopic (exact) mass is 558 g/mol. The largest absolute Gasteiger partial charge is 0.307 e. The molecule has 4 nitrogen and oxygen atoms in total. The van der Waals surface area contributed by atoms with Gasteiger partial charge in [-0.25, -0.2) is 0 Å². The second-order valence-electron chi connectivity index (χ2n) is 11.2. The van der Waals surface area contributed by atoms with Gasteiger partial charge in [0.25, 0.3) is 0 Å². The Morgan fingerprint density at radius 3 is 1.23 bits per heavy atom. The highest BCUT2D eigenvalue weighted by Gasteiger charge is 2.23. The number of rotatable bonds is 2. The molecule has 0 fully saturated rings. The highest BCUT2D eigenvalue weighted by atomic mass is 15.1. The van der Waals surface area contributed by atoms with Gasteiger partial charge in [-0.05, 0) is 57.9 Å². The summed E-state index contributed by atoms with van der Waals surface area (Å²) in [6, 6.07) is 50.8. The smallest absolute Gasteiger partial charge is 0.101 e. The van der Waals surface area contributed by atoms with Gasteiger partial charge in [-0.15, -0.1) is 0 Å². The fourth-order valence-electron chi connectivity index (χ4n) is 7.11. The van der Waals surface area contributed by atoms with Crippen LogP contribution in [-0.4, -0.2) is 9.13 Å². The molecule has 0 saturated carbocycles. The summed E-state index contributed by atoms with van der Waals surface area (Å²) >= 11 is 0. The van der Waals surface area contributed by atoms with Crippen LogP contribution < -0.4 is 0 Å². The van der Waals surface area contributed by atoms with E-state index in [0.29, 0.717) is 11.1 Å². The first-order valence-electron chi connectivity index (χ1n) is 14.6. The summed E-state index contributed by atoms with van der Waals surface area (Å²) in [5, 5.41) is 29.7. The molecule has 0 N–H and O–H groups in total. The van der Waals surface area contributed by atoms with Crippen LogP contribution in [0.15, 0.2) is 133 Å². The minimum atomic E-state index is 0.351. The first-order chi connectivity index (χ1) is 21.8. The van der Waals surface area contributed by atoms with Gasteiger partial charge in [0, 0.05) is 21.5 Å². The summed E-state index contributed by atoms with van der Waals surface area (Å²) in [7, 11) is 0. The standard InChI is InChI=1S/C40H22N4/c41-23-27-21-37(43-33-15-7-5-13-31(33)32-14-6-8-16-34(32)43)38(22-28(27)24-42)44-35-19-17-25-9-1-3-11-29(25)39(35)40-30-12-4-2-10-26(30)18-20-36(40)44/h1-22H. The van der Waals surface area contributed by atoms with Gasteiger partial charge in [0.2, 0.25) is 0 Å². The number of fused-ring (bicyclic) bond motifs is 10. The van der Waals surface area contributed by atoms with Crippen molar-refractivity contribution >= 4 is 65.2 Å². The van der Waals surface area contributed by atoms with Gasteiger partial charge >= 0.3 is 0 Å². The van der Waals surface area contributed by atoms with Crippen molar-refractivity contribution in [2.75, 3.05) is 0 Å². The Hall–Kier alpha value is -6.36. The van der Waals surface area contributed by atoms with Crippen molar-refractivity contribution in [1.29, 1.82) is 10.5 Å². The van der Waals surface area contributed by atoms with E-state index in [1.54, 1.807) is 0 Å². The highest BCUT2D eigenvalue weighted by molar-refractivity contribution is 6.28. The van der Waals surface area contributed by atoms with Gasteiger partial charge in [-0.1, -0.05) is 97.1 Å². The van der Waals surface area contributed by atoms with Gasteiger partial charge in [0.1, 0.15) is 12.1 Å². The number of para-hydroxylation sites is 2. The number of hydrogen-bond donors (Lipinski definition) is 0. The highest BCUT2D eigenvalue weighted by Crippen LogP contribution is 2.43. The van der Waals surface area contributed by atoms with Gasteiger partial charge in [0.05, 0.1) is 44.6 Å². The molecule has 0 unspecified atom stereocenters.